The van der Waals surface area contributed by atoms with Crippen molar-refractivity contribution < 1.29 is 18.0 Å². The molecular formula is C24H24F3N7O. The van der Waals surface area contributed by atoms with Crippen molar-refractivity contribution >= 4 is 11.7 Å². The molecule has 11 heteroatoms. The molecule has 0 aliphatic carbocycles. The van der Waals surface area contributed by atoms with Crippen LogP contribution in [-0.2, 0) is 25.9 Å². The van der Waals surface area contributed by atoms with E-state index in [4.69, 9.17) is 0 Å². The van der Waals surface area contributed by atoms with Crippen LogP contribution in [0.15, 0.2) is 36.7 Å². The Morgan fingerprint density at radius 1 is 1.26 bits per heavy atom. The smallest absolute Gasteiger partial charge is 0.347 e. The number of aromatic nitrogens is 6. The lowest BCUT2D eigenvalue weighted by atomic mass is 9.98. The molecule has 0 saturated heterocycles. The fourth-order valence-corrected chi connectivity index (χ4v) is 4.47. The first-order valence-corrected chi connectivity index (χ1v) is 11.4. The van der Waals surface area contributed by atoms with Gasteiger partial charge in [0.15, 0.2) is 5.82 Å². The molecule has 1 amide bonds. The fourth-order valence-electron chi connectivity index (χ4n) is 4.47. The second-order valence-corrected chi connectivity index (χ2v) is 8.69. The molecule has 8 nitrogen and oxygen atoms in total. The Hall–Kier alpha value is -3.76. The number of carbonyl (C=O) groups is 1. The van der Waals surface area contributed by atoms with Crippen molar-refractivity contribution in [2.24, 2.45) is 5.92 Å². The number of hydrogen-bond acceptors (Lipinski definition) is 5. The number of hydrogen-bond donors (Lipinski definition) is 1. The Labute approximate surface area is 199 Å². The second-order valence-electron chi connectivity index (χ2n) is 8.69. The predicted molar refractivity (Wildman–Crippen MR) is 122 cm³/mol. The number of halogens is 3. The third kappa shape index (κ3) is 4.38. The molecule has 35 heavy (non-hydrogen) atoms. The topological polar surface area (TPSA) is 90.0 Å². The molecule has 0 fully saturated rings. The van der Waals surface area contributed by atoms with Gasteiger partial charge in [-0.25, -0.2) is 19.6 Å². The molecule has 0 radical (unpaired) electrons. The van der Waals surface area contributed by atoms with E-state index in [0.717, 1.165) is 16.7 Å². The van der Waals surface area contributed by atoms with Crippen molar-refractivity contribution in [3.05, 3.63) is 65.0 Å². The summed E-state index contributed by atoms with van der Waals surface area (Å²) < 4.78 is 42.6. The van der Waals surface area contributed by atoms with Crippen molar-refractivity contribution in [1.82, 2.24) is 34.4 Å². The Morgan fingerprint density at radius 2 is 2.09 bits per heavy atom. The highest BCUT2D eigenvalue weighted by molar-refractivity contribution is 5.94. The van der Waals surface area contributed by atoms with Gasteiger partial charge in [-0.2, -0.15) is 18.3 Å². The van der Waals surface area contributed by atoms with Gasteiger partial charge in [-0.3, -0.25) is 9.20 Å². The third-order valence-corrected chi connectivity index (χ3v) is 6.34. The van der Waals surface area contributed by atoms with Gasteiger partial charge in [0, 0.05) is 37.5 Å². The normalized spacial score (nSPS) is 15.9. The molecule has 1 N–H and O–H groups in total. The molecule has 182 valence electrons. The summed E-state index contributed by atoms with van der Waals surface area (Å²) in [4.78, 5) is 26.0. The van der Waals surface area contributed by atoms with E-state index in [0.29, 0.717) is 41.8 Å². The van der Waals surface area contributed by atoms with Gasteiger partial charge in [0.2, 0.25) is 5.78 Å². The molecule has 1 unspecified atom stereocenters. The minimum absolute atomic E-state index is 0.0131. The Kier molecular flexibility index (Phi) is 5.78. The molecule has 4 aromatic rings. The van der Waals surface area contributed by atoms with E-state index >= 15 is 0 Å². The summed E-state index contributed by atoms with van der Waals surface area (Å²) >= 11 is 0. The predicted octanol–water partition coefficient (Wildman–Crippen LogP) is 3.91. The first-order chi connectivity index (χ1) is 16.7. The number of rotatable bonds is 5. The highest BCUT2D eigenvalue weighted by Gasteiger charge is 2.42. The van der Waals surface area contributed by atoms with Crippen LogP contribution < -0.4 is 5.32 Å². The van der Waals surface area contributed by atoms with Crippen molar-refractivity contribution in [2.75, 3.05) is 0 Å². The number of aryl methyl sites for hydroxylation is 3. The van der Waals surface area contributed by atoms with E-state index in [9.17, 15) is 18.0 Å². The van der Waals surface area contributed by atoms with Crippen LogP contribution >= 0.6 is 0 Å². The summed E-state index contributed by atoms with van der Waals surface area (Å²) in [5.41, 5.74) is 3.65. The molecule has 1 aliphatic rings. The molecule has 0 saturated carbocycles. The summed E-state index contributed by atoms with van der Waals surface area (Å²) in [5, 5.41) is 7.38. The van der Waals surface area contributed by atoms with Crippen LogP contribution in [0.2, 0.25) is 0 Å². The van der Waals surface area contributed by atoms with Crippen molar-refractivity contribution in [1.29, 1.82) is 0 Å². The van der Waals surface area contributed by atoms with Gasteiger partial charge in [0.1, 0.15) is 11.5 Å². The molecule has 1 atom stereocenters. The molecule has 1 aliphatic heterocycles. The summed E-state index contributed by atoms with van der Waals surface area (Å²) in [6, 6.07) is 7.37. The number of alkyl halides is 3. The van der Waals surface area contributed by atoms with Gasteiger partial charge < -0.3 is 5.32 Å². The minimum atomic E-state index is -4.23. The maximum atomic E-state index is 13.1. The van der Waals surface area contributed by atoms with E-state index in [1.165, 1.54) is 0 Å². The fraction of sp³-hybridized carbons (Fsp3) is 0.375. The monoisotopic (exact) mass is 483 g/mol. The average Bonchev–Trinajstić information content (AvgIpc) is 3.42. The number of nitrogens with zero attached hydrogens (tertiary/aromatic N) is 6. The van der Waals surface area contributed by atoms with Crippen molar-refractivity contribution in [2.45, 2.75) is 52.4 Å². The van der Waals surface area contributed by atoms with Crippen LogP contribution in [0.25, 0.3) is 17.2 Å². The summed E-state index contributed by atoms with van der Waals surface area (Å²) in [6.45, 7) is 4.33. The highest BCUT2D eigenvalue weighted by Crippen LogP contribution is 2.35. The van der Waals surface area contributed by atoms with Crippen LogP contribution in [0.1, 0.15) is 46.5 Å². The standard InChI is InChI=1S/C24H24F3N7O/c1-3-18-20(33-9-4-8-28-23(33)30-18)22(35)29-13-15-5-6-17(14(2)11-15)21-31-19-12-16(24(25,26)27)7-10-34(19)32-21/h4-6,8-9,11,16H,3,7,10,12-13H2,1-2H3,(H,29,35). The molecule has 4 heterocycles. The lowest BCUT2D eigenvalue weighted by molar-refractivity contribution is -0.179. The molecule has 3 aromatic heterocycles. The largest absolute Gasteiger partial charge is 0.392 e. The zero-order chi connectivity index (χ0) is 24.7. The van der Waals surface area contributed by atoms with Crippen LogP contribution in [0, 0.1) is 12.8 Å². The molecule has 0 spiro atoms. The number of carbonyl (C=O) groups excluding carboxylic acids is 1. The lowest BCUT2D eigenvalue weighted by Gasteiger charge is -2.24. The van der Waals surface area contributed by atoms with Gasteiger partial charge in [-0.1, -0.05) is 25.1 Å². The Balaban J connectivity index is 1.31. The maximum Gasteiger partial charge on any atom is 0.392 e. The van der Waals surface area contributed by atoms with Gasteiger partial charge in [0.05, 0.1) is 11.6 Å². The molecule has 5 rings (SSSR count). The van der Waals surface area contributed by atoms with Crippen molar-refractivity contribution in [3.8, 4) is 11.4 Å². The number of amides is 1. The van der Waals surface area contributed by atoms with Crippen LogP contribution in [-0.4, -0.2) is 41.2 Å². The average molecular weight is 483 g/mol. The van der Waals surface area contributed by atoms with E-state index in [-0.39, 0.29) is 25.3 Å². The van der Waals surface area contributed by atoms with Gasteiger partial charge in [-0.05, 0) is 37.0 Å². The number of nitrogens with one attached hydrogen (secondary N) is 1. The first-order valence-electron chi connectivity index (χ1n) is 11.4. The maximum absolute atomic E-state index is 13.1. The Bertz CT molecular complexity index is 1410. The summed E-state index contributed by atoms with van der Waals surface area (Å²) in [7, 11) is 0. The number of benzene rings is 1. The van der Waals surface area contributed by atoms with Gasteiger partial charge >= 0.3 is 6.18 Å². The summed E-state index contributed by atoms with van der Waals surface area (Å²) in [5.74, 6) is -0.366. The van der Waals surface area contributed by atoms with E-state index < -0.39 is 12.1 Å². The quantitative estimate of drug-likeness (QED) is 0.465. The highest BCUT2D eigenvalue weighted by atomic mass is 19.4. The lowest BCUT2D eigenvalue weighted by Crippen LogP contribution is -2.31. The Morgan fingerprint density at radius 3 is 2.83 bits per heavy atom. The van der Waals surface area contributed by atoms with Crippen LogP contribution in [0.3, 0.4) is 0 Å². The van der Waals surface area contributed by atoms with E-state index in [1.54, 1.807) is 27.5 Å². The molecule has 1 aromatic carbocycles. The first kappa shape index (κ1) is 23.0. The SMILES string of the molecule is CCc1nc2ncccn2c1C(=O)NCc1ccc(-c2nc3n(n2)CCC(C(F)(F)F)C3)c(C)c1. The number of fused-ring (bicyclic) bond motifs is 2. The number of imidazole rings is 1. The third-order valence-electron chi connectivity index (χ3n) is 6.34. The van der Waals surface area contributed by atoms with E-state index in [2.05, 4.69) is 25.4 Å². The van der Waals surface area contributed by atoms with Gasteiger partial charge in [0.25, 0.3) is 5.91 Å². The molecular weight excluding hydrogens is 459 g/mol. The molecule has 0 bridgehead atoms. The minimum Gasteiger partial charge on any atom is -0.347 e. The zero-order valence-electron chi connectivity index (χ0n) is 19.3. The van der Waals surface area contributed by atoms with Crippen molar-refractivity contribution in [3.63, 3.8) is 0 Å². The zero-order valence-corrected chi connectivity index (χ0v) is 19.3. The second kappa shape index (κ2) is 8.79. The van der Waals surface area contributed by atoms with E-state index in [1.807, 2.05) is 32.0 Å². The van der Waals surface area contributed by atoms with Gasteiger partial charge in [-0.15, -0.1) is 0 Å². The summed E-state index contributed by atoms with van der Waals surface area (Å²) in [6.07, 6.45) is -0.371. The van der Waals surface area contributed by atoms with Crippen LogP contribution in [0.5, 0.6) is 0 Å². The van der Waals surface area contributed by atoms with Crippen LogP contribution in [0.4, 0.5) is 13.2 Å².